The minimum Gasteiger partial charge on any atom is -0.382 e. The standard InChI is InChI=1S/C16H14ClN5O/c17-12-6-4-5-11(9-12)10-22-15(18)14(20-21-22)16(23)19-13-7-2-1-3-8-13/h1-9H,10,18H2,(H,19,23). The quantitative estimate of drug-likeness (QED) is 0.771. The summed E-state index contributed by atoms with van der Waals surface area (Å²) in [5.41, 5.74) is 7.67. The van der Waals surface area contributed by atoms with Gasteiger partial charge in [0.05, 0.1) is 6.54 Å². The molecule has 0 saturated carbocycles. The predicted octanol–water partition coefficient (Wildman–Crippen LogP) is 2.81. The Balaban J connectivity index is 1.77. The minimum absolute atomic E-state index is 0.0934. The first kappa shape index (κ1) is 15.1. The number of nitrogens with one attached hydrogen (secondary N) is 1. The fourth-order valence-electron chi connectivity index (χ4n) is 2.12. The van der Waals surface area contributed by atoms with Crippen LogP contribution in [-0.4, -0.2) is 20.9 Å². The molecule has 0 unspecified atom stereocenters. The molecule has 23 heavy (non-hydrogen) atoms. The highest BCUT2D eigenvalue weighted by atomic mass is 35.5. The van der Waals surface area contributed by atoms with Crippen molar-refractivity contribution in [2.45, 2.75) is 6.54 Å². The summed E-state index contributed by atoms with van der Waals surface area (Å²) >= 11 is 5.96. The van der Waals surface area contributed by atoms with E-state index in [0.29, 0.717) is 17.3 Å². The number of carbonyl (C=O) groups is 1. The van der Waals surface area contributed by atoms with Gasteiger partial charge in [-0.2, -0.15) is 0 Å². The Morgan fingerprint density at radius 2 is 1.96 bits per heavy atom. The number of nitrogens with zero attached hydrogens (tertiary/aromatic N) is 3. The Morgan fingerprint density at radius 3 is 2.70 bits per heavy atom. The number of rotatable bonds is 4. The zero-order valence-electron chi connectivity index (χ0n) is 12.1. The molecular formula is C16H14ClN5O. The van der Waals surface area contributed by atoms with Gasteiger partial charge in [0.2, 0.25) is 0 Å². The van der Waals surface area contributed by atoms with E-state index < -0.39 is 5.91 Å². The van der Waals surface area contributed by atoms with Crippen molar-refractivity contribution in [3.05, 3.63) is 70.9 Å². The predicted molar refractivity (Wildman–Crippen MR) is 89.4 cm³/mol. The summed E-state index contributed by atoms with van der Waals surface area (Å²) in [7, 11) is 0. The molecule has 0 atom stereocenters. The lowest BCUT2D eigenvalue weighted by atomic mass is 10.2. The van der Waals surface area contributed by atoms with Crippen LogP contribution in [0.5, 0.6) is 0 Å². The van der Waals surface area contributed by atoms with Crippen LogP contribution in [0.3, 0.4) is 0 Å². The first-order chi connectivity index (χ1) is 11.1. The van der Waals surface area contributed by atoms with E-state index in [1.165, 1.54) is 4.68 Å². The second kappa shape index (κ2) is 6.50. The normalized spacial score (nSPS) is 10.5. The molecule has 1 heterocycles. The monoisotopic (exact) mass is 327 g/mol. The van der Waals surface area contributed by atoms with Crippen LogP contribution < -0.4 is 11.1 Å². The van der Waals surface area contributed by atoms with Crippen LogP contribution in [0.1, 0.15) is 16.1 Å². The molecule has 3 aromatic rings. The second-order valence-corrected chi connectivity index (χ2v) is 5.37. The highest BCUT2D eigenvalue weighted by Gasteiger charge is 2.17. The largest absolute Gasteiger partial charge is 0.382 e. The number of amides is 1. The van der Waals surface area contributed by atoms with Crippen LogP contribution in [0.2, 0.25) is 5.02 Å². The molecule has 0 spiro atoms. The van der Waals surface area contributed by atoms with Gasteiger partial charge in [-0.05, 0) is 29.8 Å². The molecule has 1 amide bonds. The molecule has 116 valence electrons. The van der Waals surface area contributed by atoms with Crippen molar-refractivity contribution in [1.82, 2.24) is 15.0 Å². The van der Waals surface area contributed by atoms with E-state index in [1.807, 2.05) is 36.4 Å². The van der Waals surface area contributed by atoms with Gasteiger partial charge < -0.3 is 11.1 Å². The highest BCUT2D eigenvalue weighted by Crippen LogP contribution is 2.16. The molecule has 6 nitrogen and oxygen atoms in total. The molecular weight excluding hydrogens is 314 g/mol. The average molecular weight is 328 g/mol. The summed E-state index contributed by atoms with van der Waals surface area (Å²) in [5, 5.41) is 11.2. The number of halogens is 1. The summed E-state index contributed by atoms with van der Waals surface area (Å²) < 4.78 is 1.46. The van der Waals surface area contributed by atoms with Gasteiger partial charge in [-0.25, -0.2) is 4.68 Å². The summed E-state index contributed by atoms with van der Waals surface area (Å²) in [6.07, 6.45) is 0. The fourth-order valence-corrected chi connectivity index (χ4v) is 2.33. The van der Waals surface area contributed by atoms with Crippen molar-refractivity contribution < 1.29 is 4.79 Å². The maximum atomic E-state index is 12.2. The molecule has 0 saturated heterocycles. The van der Waals surface area contributed by atoms with E-state index in [0.717, 1.165) is 5.56 Å². The van der Waals surface area contributed by atoms with Gasteiger partial charge in [0.25, 0.3) is 5.91 Å². The molecule has 0 aliphatic carbocycles. The van der Waals surface area contributed by atoms with Gasteiger partial charge in [-0.3, -0.25) is 4.79 Å². The zero-order valence-corrected chi connectivity index (χ0v) is 12.9. The van der Waals surface area contributed by atoms with Crippen LogP contribution in [0.25, 0.3) is 0 Å². The van der Waals surface area contributed by atoms with E-state index >= 15 is 0 Å². The third-order valence-electron chi connectivity index (χ3n) is 3.24. The second-order valence-electron chi connectivity index (χ2n) is 4.93. The number of hydrogen-bond acceptors (Lipinski definition) is 4. The zero-order chi connectivity index (χ0) is 16.2. The maximum absolute atomic E-state index is 12.2. The van der Waals surface area contributed by atoms with Crippen LogP contribution >= 0.6 is 11.6 Å². The topological polar surface area (TPSA) is 85.8 Å². The van der Waals surface area contributed by atoms with Crippen molar-refractivity contribution in [2.24, 2.45) is 0 Å². The Morgan fingerprint density at radius 1 is 1.17 bits per heavy atom. The first-order valence-corrected chi connectivity index (χ1v) is 7.31. The van der Waals surface area contributed by atoms with E-state index in [4.69, 9.17) is 17.3 Å². The molecule has 0 aliphatic heterocycles. The number of nitrogen functional groups attached to an aromatic ring is 1. The average Bonchev–Trinajstić information content (AvgIpc) is 2.89. The SMILES string of the molecule is Nc1c(C(=O)Nc2ccccc2)nnn1Cc1cccc(Cl)c1. The van der Waals surface area contributed by atoms with Crippen molar-refractivity contribution in [1.29, 1.82) is 0 Å². The number of benzene rings is 2. The number of para-hydroxylation sites is 1. The molecule has 1 aromatic heterocycles. The summed E-state index contributed by atoms with van der Waals surface area (Å²) in [4.78, 5) is 12.2. The lowest BCUT2D eigenvalue weighted by molar-refractivity contribution is 0.102. The Kier molecular flexibility index (Phi) is 4.25. The highest BCUT2D eigenvalue weighted by molar-refractivity contribution is 6.30. The molecule has 0 bridgehead atoms. The van der Waals surface area contributed by atoms with Gasteiger partial charge in [-0.1, -0.05) is 47.1 Å². The van der Waals surface area contributed by atoms with Gasteiger partial charge in [-0.15, -0.1) is 5.10 Å². The van der Waals surface area contributed by atoms with E-state index in [9.17, 15) is 4.79 Å². The third kappa shape index (κ3) is 3.49. The summed E-state index contributed by atoms with van der Waals surface area (Å²) in [6.45, 7) is 0.387. The van der Waals surface area contributed by atoms with Crippen LogP contribution in [0.4, 0.5) is 11.5 Å². The van der Waals surface area contributed by atoms with Crippen molar-refractivity contribution in [3.63, 3.8) is 0 Å². The Hall–Kier alpha value is -2.86. The van der Waals surface area contributed by atoms with Gasteiger partial charge in [0.15, 0.2) is 11.5 Å². The number of hydrogen-bond donors (Lipinski definition) is 2. The molecule has 2 aromatic carbocycles. The molecule has 0 aliphatic rings. The molecule has 0 radical (unpaired) electrons. The molecule has 3 rings (SSSR count). The van der Waals surface area contributed by atoms with Gasteiger partial charge in [0, 0.05) is 10.7 Å². The molecule has 0 fully saturated rings. The van der Waals surface area contributed by atoms with Crippen molar-refractivity contribution in [2.75, 3.05) is 11.1 Å². The molecule has 3 N–H and O–H groups in total. The lowest BCUT2D eigenvalue weighted by Crippen LogP contribution is -2.15. The summed E-state index contributed by atoms with van der Waals surface area (Å²) in [6, 6.07) is 16.4. The van der Waals surface area contributed by atoms with E-state index in [-0.39, 0.29) is 11.5 Å². The van der Waals surface area contributed by atoms with E-state index in [1.54, 1.807) is 18.2 Å². The number of nitrogens with two attached hydrogens (primary N) is 1. The van der Waals surface area contributed by atoms with Crippen molar-refractivity contribution >= 4 is 29.0 Å². The Bertz CT molecular complexity index is 831. The van der Waals surface area contributed by atoms with Crippen LogP contribution in [-0.2, 0) is 6.54 Å². The van der Waals surface area contributed by atoms with E-state index in [2.05, 4.69) is 15.6 Å². The number of aromatic nitrogens is 3. The molecule has 7 heteroatoms. The van der Waals surface area contributed by atoms with Crippen LogP contribution in [0.15, 0.2) is 54.6 Å². The number of anilines is 2. The first-order valence-electron chi connectivity index (χ1n) is 6.93. The fraction of sp³-hybridized carbons (Fsp3) is 0.0625. The van der Waals surface area contributed by atoms with Crippen molar-refractivity contribution in [3.8, 4) is 0 Å². The maximum Gasteiger partial charge on any atom is 0.280 e. The minimum atomic E-state index is -0.397. The number of carbonyl (C=O) groups excluding carboxylic acids is 1. The van der Waals surface area contributed by atoms with Gasteiger partial charge >= 0.3 is 0 Å². The third-order valence-corrected chi connectivity index (χ3v) is 3.48. The Labute approximate surface area is 137 Å². The van der Waals surface area contributed by atoms with Gasteiger partial charge in [0.1, 0.15) is 0 Å². The lowest BCUT2D eigenvalue weighted by Gasteiger charge is -2.05. The van der Waals surface area contributed by atoms with Crippen LogP contribution in [0, 0.1) is 0 Å². The smallest absolute Gasteiger partial charge is 0.280 e. The summed E-state index contributed by atoms with van der Waals surface area (Å²) in [5.74, 6) is -0.190.